The van der Waals surface area contributed by atoms with Crippen molar-refractivity contribution < 1.29 is 0 Å². The van der Waals surface area contributed by atoms with Gasteiger partial charge in [0.25, 0.3) is 0 Å². The lowest BCUT2D eigenvalue weighted by atomic mass is 10.1. The van der Waals surface area contributed by atoms with Crippen LogP contribution in [0.5, 0.6) is 0 Å². The lowest BCUT2D eigenvalue weighted by Crippen LogP contribution is -1.78. The third kappa shape index (κ3) is 3.57. The van der Waals surface area contributed by atoms with Crippen LogP contribution >= 0.6 is 0 Å². The average molecular weight is 97.2 g/mol. The average Bonchev–Trinajstić information content (AvgIpc) is 1.68. The summed E-state index contributed by atoms with van der Waals surface area (Å²) in [7, 11) is 0. The Morgan fingerprint density at radius 1 is 1.57 bits per heavy atom. The van der Waals surface area contributed by atoms with Gasteiger partial charge in [-0.05, 0) is 19.3 Å². The summed E-state index contributed by atoms with van der Waals surface area (Å²) < 4.78 is 0. The van der Waals surface area contributed by atoms with Gasteiger partial charge >= 0.3 is 0 Å². The molecule has 0 fully saturated rings. The highest BCUT2D eigenvalue weighted by Crippen LogP contribution is 2.03. The van der Waals surface area contributed by atoms with Crippen molar-refractivity contribution in [2.24, 2.45) is 0 Å². The van der Waals surface area contributed by atoms with E-state index in [1.165, 1.54) is 12.3 Å². The minimum atomic E-state index is 1.17. The van der Waals surface area contributed by atoms with Gasteiger partial charge in [-0.15, -0.1) is 0 Å². The van der Waals surface area contributed by atoms with E-state index in [1.807, 2.05) is 6.92 Å². The fourth-order valence-electron chi connectivity index (χ4n) is 0.402. The molecule has 0 atom stereocenters. The van der Waals surface area contributed by atoms with Gasteiger partial charge in [0.05, 0.1) is 0 Å². The van der Waals surface area contributed by atoms with Gasteiger partial charge in [0.15, 0.2) is 0 Å². The van der Waals surface area contributed by atoms with Crippen molar-refractivity contribution in [3.63, 3.8) is 0 Å². The normalized spacial score (nSPS) is 11.4. The molecule has 0 unspecified atom stereocenters. The molecule has 0 heterocycles. The van der Waals surface area contributed by atoms with Gasteiger partial charge in [0.2, 0.25) is 0 Å². The quantitative estimate of drug-likeness (QED) is 0.496. The minimum Gasteiger partial charge on any atom is -0.0911 e. The fourth-order valence-corrected chi connectivity index (χ4v) is 0.402. The van der Waals surface area contributed by atoms with Crippen LogP contribution in [0.2, 0.25) is 0 Å². The van der Waals surface area contributed by atoms with Crippen LogP contribution < -0.4 is 0 Å². The van der Waals surface area contributed by atoms with Crippen LogP contribution in [0.4, 0.5) is 0 Å². The highest BCUT2D eigenvalue weighted by atomic mass is 13.9. The molecule has 0 rings (SSSR count). The van der Waals surface area contributed by atoms with E-state index in [4.69, 9.17) is 0 Å². The van der Waals surface area contributed by atoms with Gasteiger partial charge in [0, 0.05) is 0 Å². The Kier molecular flexibility index (Phi) is 3.77. The molecule has 0 aliphatic carbocycles. The van der Waals surface area contributed by atoms with Crippen LogP contribution in [0.15, 0.2) is 12.2 Å². The molecule has 0 saturated heterocycles. The molecular formula is C7H13. The van der Waals surface area contributed by atoms with E-state index in [9.17, 15) is 0 Å². The molecule has 41 valence electrons. The summed E-state index contributed by atoms with van der Waals surface area (Å²) in [4.78, 5) is 0. The Hall–Kier alpha value is -0.260. The van der Waals surface area contributed by atoms with Crippen LogP contribution in [0, 0.1) is 5.92 Å². The summed E-state index contributed by atoms with van der Waals surface area (Å²) in [6, 6.07) is 0. The van der Waals surface area contributed by atoms with Crippen molar-refractivity contribution >= 4 is 0 Å². The Morgan fingerprint density at radius 3 is 2.29 bits per heavy atom. The fraction of sp³-hybridized carbons (Fsp3) is 0.571. The molecule has 0 bridgehead atoms. The van der Waals surface area contributed by atoms with Crippen molar-refractivity contribution in [3.8, 4) is 0 Å². The molecule has 0 aromatic heterocycles. The number of hydrogen-bond acceptors (Lipinski definition) is 0. The van der Waals surface area contributed by atoms with E-state index >= 15 is 0 Å². The molecule has 0 amide bonds. The highest BCUT2D eigenvalue weighted by Gasteiger charge is 1.86. The van der Waals surface area contributed by atoms with Gasteiger partial charge in [-0.25, -0.2) is 0 Å². The third-order valence-electron chi connectivity index (χ3n) is 1.01. The molecule has 0 aliphatic heterocycles. The van der Waals surface area contributed by atoms with Gasteiger partial charge in [-0.1, -0.05) is 26.0 Å². The zero-order valence-electron chi connectivity index (χ0n) is 5.36. The molecule has 0 aliphatic rings. The van der Waals surface area contributed by atoms with E-state index in [-0.39, 0.29) is 0 Å². The predicted octanol–water partition coefficient (Wildman–Crippen LogP) is 2.57. The van der Waals surface area contributed by atoms with Gasteiger partial charge < -0.3 is 0 Å². The van der Waals surface area contributed by atoms with Crippen LogP contribution in [0.1, 0.15) is 27.2 Å². The Labute approximate surface area is 46.2 Å². The first-order valence-electron chi connectivity index (χ1n) is 2.76. The Bertz CT molecular complexity index is 53.1. The summed E-state index contributed by atoms with van der Waals surface area (Å²) in [5.41, 5.74) is 0. The monoisotopic (exact) mass is 97.1 g/mol. The maximum absolute atomic E-state index is 2.16. The molecule has 0 heteroatoms. The van der Waals surface area contributed by atoms with E-state index < -0.39 is 0 Å². The highest BCUT2D eigenvalue weighted by molar-refractivity contribution is 5.04. The minimum absolute atomic E-state index is 1.17. The summed E-state index contributed by atoms with van der Waals surface area (Å²) in [6.07, 6.45) is 5.38. The van der Waals surface area contributed by atoms with Crippen LogP contribution in [-0.4, -0.2) is 0 Å². The number of rotatable bonds is 2. The summed E-state index contributed by atoms with van der Waals surface area (Å²) in [5, 5.41) is 0. The zero-order chi connectivity index (χ0) is 5.70. The second-order valence-electron chi connectivity index (χ2n) is 1.70. The SMILES string of the molecule is C/C=C/[C](C)CC. The Morgan fingerprint density at radius 2 is 2.14 bits per heavy atom. The largest absolute Gasteiger partial charge is 0.0911 e. The van der Waals surface area contributed by atoms with E-state index in [2.05, 4.69) is 26.0 Å². The second-order valence-corrected chi connectivity index (χ2v) is 1.70. The molecule has 0 N–H and O–H groups in total. The molecule has 0 spiro atoms. The smallest absolute Gasteiger partial charge is 0.00611 e. The Balaban J connectivity index is 3.16. The van der Waals surface area contributed by atoms with Crippen molar-refractivity contribution in [3.05, 3.63) is 18.1 Å². The van der Waals surface area contributed by atoms with Crippen LogP contribution in [-0.2, 0) is 0 Å². The lowest BCUT2D eigenvalue weighted by molar-refractivity contribution is 0.984. The first-order chi connectivity index (χ1) is 3.31. The molecule has 0 saturated carbocycles. The van der Waals surface area contributed by atoms with E-state index in [1.54, 1.807) is 0 Å². The maximum Gasteiger partial charge on any atom is -0.00611 e. The van der Waals surface area contributed by atoms with Crippen molar-refractivity contribution in [2.75, 3.05) is 0 Å². The molecule has 0 nitrogen and oxygen atoms in total. The lowest BCUT2D eigenvalue weighted by Gasteiger charge is -1.94. The van der Waals surface area contributed by atoms with Crippen molar-refractivity contribution in [1.82, 2.24) is 0 Å². The van der Waals surface area contributed by atoms with E-state index in [0.29, 0.717) is 0 Å². The second kappa shape index (κ2) is 3.91. The first-order valence-corrected chi connectivity index (χ1v) is 2.76. The summed E-state index contributed by atoms with van der Waals surface area (Å²) in [5.74, 6) is 1.45. The third-order valence-corrected chi connectivity index (χ3v) is 1.01. The summed E-state index contributed by atoms with van der Waals surface area (Å²) in [6.45, 7) is 6.34. The van der Waals surface area contributed by atoms with Crippen molar-refractivity contribution in [1.29, 1.82) is 0 Å². The molecule has 0 aromatic rings. The molecule has 7 heavy (non-hydrogen) atoms. The van der Waals surface area contributed by atoms with Crippen LogP contribution in [0.3, 0.4) is 0 Å². The van der Waals surface area contributed by atoms with E-state index in [0.717, 1.165) is 0 Å². The maximum atomic E-state index is 2.16. The molecule has 0 aromatic carbocycles. The predicted molar refractivity (Wildman–Crippen MR) is 34.0 cm³/mol. The van der Waals surface area contributed by atoms with Gasteiger partial charge in [-0.3, -0.25) is 0 Å². The molecular weight excluding hydrogens is 84.1 g/mol. The molecule has 1 radical (unpaired) electrons. The zero-order valence-corrected chi connectivity index (χ0v) is 5.36. The topological polar surface area (TPSA) is 0 Å². The van der Waals surface area contributed by atoms with Gasteiger partial charge in [-0.2, -0.15) is 0 Å². The summed E-state index contributed by atoms with van der Waals surface area (Å²) >= 11 is 0. The number of allylic oxidation sites excluding steroid dienone is 2. The first kappa shape index (κ1) is 6.74. The number of hydrogen-bond donors (Lipinski definition) is 0. The standard InChI is InChI=1S/C7H13/c1-4-6-7(3)5-2/h4,6H,5H2,1-3H3/b6-4+. The van der Waals surface area contributed by atoms with Crippen LogP contribution in [0.25, 0.3) is 0 Å². The van der Waals surface area contributed by atoms with Crippen molar-refractivity contribution in [2.45, 2.75) is 27.2 Å². The van der Waals surface area contributed by atoms with Gasteiger partial charge in [0.1, 0.15) is 0 Å².